The Morgan fingerprint density at radius 3 is 2.78 bits per heavy atom. The van der Waals surface area contributed by atoms with Crippen molar-refractivity contribution in [1.82, 2.24) is 9.69 Å². The highest BCUT2D eigenvalue weighted by Gasteiger charge is 2.23. The Balaban J connectivity index is 2.09. The molecule has 0 saturated carbocycles. The van der Waals surface area contributed by atoms with Gasteiger partial charge in [-0.1, -0.05) is 42.3 Å². The molecule has 2 aromatic rings. The zero-order valence-electron chi connectivity index (χ0n) is 14.2. The van der Waals surface area contributed by atoms with Gasteiger partial charge in [0.15, 0.2) is 5.56 Å². The summed E-state index contributed by atoms with van der Waals surface area (Å²) in [6.45, 7) is 1.87. The number of carbonyl (C=O) groups is 2. The van der Waals surface area contributed by atoms with Crippen LogP contribution in [0.2, 0.25) is 10.0 Å². The number of aliphatic hydroxyl groups excluding tert-OH is 1. The summed E-state index contributed by atoms with van der Waals surface area (Å²) >= 11 is 12.8. The van der Waals surface area contributed by atoms with Gasteiger partial charge >= 0.3 is 12.0 Å². The molecule has 8 nitrogen and oxygen atoms in total. The lowest BCUT2D eigenvalue weighted by molar-refractivity contribution is 0.0693. The summed E-state index contributed by atoms with van der Waals surface area (Å²) in [7, 11) is 0. The molecular weight excluding hydrogens is 417 g/mol. The molecule has 1 aromatic carbocycles. The number of amides is 2. The van der Waals surface area contributed by atoms with Crippen LogP contribution in [-0.4, -0.2) is 39.7 Å². The van der Waals surface area contributed by atoms with E-state index in [1.165, 1.54) is 0 Å². The van der Waals surface area contributed by atoms with Gasteiger partial charge in [-0.05, 0) is 23.5 Å². The average Bonchev–Trinajstić information content (AvgIpc) is 3.03. The molecule has 2 rings (SSSR count). The molecule has 0 saturated heterocycles. The Morgan fingerprint density at radius 1 is 1.37 bits per heavy atom. The van der Waals surface area contributed by atoms with Crippen molar-refractivity contribution >= 4 is 51.7 Å². The number of aliphatic hydroxyl groups is 1. The fourth-order valence-electron chi connectivity index (χ4n) is 1.93. The van der Waals surface area contributed by atoms with Crippen molar-refractivity contribution in [2.75, 3.05) is 18.5 Å². The SMILES string of the molecule is CC(CO)CNC(=O)Nc1snc(OCc2cccc(Cl)c2Cl)c1C(=O)O. The molecule has 2 amide bonds. The molecule has 11 heteroatoms. The molecule has 27 heavy (non-hydrogen) atoms. The lowest BCUT2D eigenvalue weighted by Gasteiger charge is -2.10. The molecule has 146 valence electrons. The number of carboxylic acid groups (broad SMARTS) is 1. The zero-order chi connectivity index (χ0) is 20.0. The van der Waals surface area contributed by atoms with Crippen LogP contribution in [0.4, 0.5) is 9.80 Å². The maximum atomic E-state index is 11.9. The molecule has 0 bridgehead atoms. The molecule has 1 heterocycles. The van der Waals surface area contributed by atoms with Crippen LogP contribution in [0.25, 0.3) is 0 Å². The fourth-order valence-corrected chi connectivity index (χ4v) is 3.03. The number of rotatable bonds is 8. The monoisotopic (exact) mass is 433 g/mol. The summed E-state index contributed by atoms with van der Waals surface area (Å²) < 4.78 is 9.42. The molecule has 0 radical (unpaired) electrons. The number of hydrogen-bond acceptors (Lipinski definition) is 6. The minimum Gasteiger partial charge on any atom is -0.477 e. The van der Waals surface area contributed by atoms with Gasteiger partial charge in [-0.15, -0.1) is 0 Å². The zero-order valence-corrected chi connectivity index (χ0v) is 16.5. The number of aromatic carboxylic acids is 1. The van der Waals surface area contributed by atoms with Crippen molar-refractivity contribution < 1.29 is 24.5 Å². The van der Waals surface area contributed by atoms with Gasteiger partial charge in [0.25, 0.3) is 0 Å². The summed E-state index contributed by atoms with van der Waals surface area (Å²) in [5, 5.41) is 24.0. The van der Waals surface area contributed by atoms with E-state index >= 15 is 0 Å². The van der Waals surface area contributed by atoms with Gasteiger partial charge in [0.2, 0.25) is 5.88 Å². The highest BCUT2D eigenvalue weighted by atomic mass is 35.5. The number of urea groups is 1. The number of anilines is 1. The summed E-state index contributed by atoms with van der Waals surface area (Å²) in [6, 6.07) is 4.40. The van der Waals surface area contributed by atoms with E-state index in [0.29, 0.717) is 15.6 Å². The molecule has 1 atom stereocenters. The van der Waals surface area contributed by atoms with E-state index in [1.807, 2.05) is 0 Å². The molecule has 0 spiro atoms. The van der Waals surface area contributed by atoms with E-state index in [9.17, 15) is 14.7 Å². The number of carboxylic acids is 1. The van der Waals surface area contributed by atoms with Crippen molar-refractivity contribution in [3.63, 3.8) is 0 Å². The highest BCUT2D eigenvalue weighted by Crippen LogP contribution is 2.32. The third-order valence-electron chi connectivity index (χ3n) is 3.42. The van der Waals surface area contributed by atoms with Crippen LogP contribution in [0.15, 0.2) is 18.2 Å². The normalized spacial score (nSPS) is 11.7. The van der Waals surface area contributed by atoms with E-state index in [0.717, 1.165) is 11.5 Å². The van der Waals surface area contributed by atoms with Gasteiger partial charge in [-0.25, -0.2) is 9.59 Å². The number of benzene rings is 1. The Morgan fingerprint density at radius 2 is 2.11 bits per heavy atom. The lowest BCUT2D eigenvalue weighted by Crippen LogP contribution is -2.33. The molecular formula is C16H17Cl2N3O5S. The standard InChI is InChI=1S/C16H17Cl2N3O5S/c1-8(6-22)5-19-16(25)20-14-11(15(23)24)13(21-27-14)26-7-9-3-2-4-10(17)12(9)18/h2-4,8,22H,5-7H2,1H3,(H,23,24)(H2,19,20,25). The van der Waals surface area contributed by atoms with Gasteiger partial charge in [0.1, 0.15) is 11.6 Å². The fraction of sp³-hybridized carbons (Fsp3) is 0.312. The smallest absolute Gasteiger partial charge is 0.344 e. The Labute approximate surface area is 169 Å². The third-order valence-corrected chi connectivity index (χ3v) is 5.02. The molecule has 1 aromatic heterocycles. The largest absolute Gasteiger partial charge is 0.477 e. The first kappa shape index (κ1) is 21.2. The van der Waals surface area contributed by atoms with Crippen molar-refractivity contribution in [2.24, 2.45) is 5.92 Å². The molecule has 1 unspecified atom stereocenters. The Bertz CT molecular complexity index is 830. The van der Waals surface area contributed by atoms with Crippen LogP contribution < -0.4 is 15.4 Å². The van der Waals surface area contributed by atoms with E-state index in [-0.39, 0.29) is 42.1 Å². The summed E-state index contributed by atoms with van der Waals surface area (Å²) in [5.41, 5.74) is 0.308. The first-order valence-electron chi connectivity index (χ1n) is 7.77. The first-order valence-corrected chi connectivity index (χ1v) is 9.30. The second-order valence-corrected chi connectivity index (χ2v) is 7.18. The maximum absolute atomic E-state index is 11.9. The molecule has 4 N–H and O–H groups in total. The van der Waals surface area contributed by atoms with Crippen molar-refractivity contribution in [2.45, 2.75) is 13.5 Å². The van der Waals surface area contributed by atoms with Crippen LogP contribution in [-0.2, 0) is 6.61 Å². The van der Waals surface area contributed by atoms with Crippen molar-refractivity contribution in [3.8, 4) is 5.88 Å². The second kappa shape index (κ2) is 9.75. The van der Waals surface area contributed by atoms with Gasteiger partial charge in [0, 0.05) is 18.7 Å². The molecule has 0 aliphatic rings. The van der Waals surface area contributed by atoms with E-state index in [4.69, 9.17) is 33.0 Å². The van der Waals surface area contributed by atoms with E-state index < -0.39 is 12.0 Å². The second-order valence-electron chi connectivity index (χ2n) is 5.62. The van der Waals surface area contributed by atoms with Gasteiger partial charge in [-0.3, -0.25) is 5.32 Å². The topological polar surface area (TPSA) is 121 Å². The van der Waals surface area contributed by atoms with Crippen molar-refractivity contribution in [1.29, 1.82) is 0 Å². The minimum absolute atomic E-state index is 0.0313. The van der Waals surface area contributed by atoms with Gasteiger partial charge in [-0.2, -0.15) is 4.37 Å². The van der Waals surface area contributed by atoms with Crippen LogP contribution in [0, 0.1) is 5.92 Å². The maximum Gasteiger partial charge on any atom is 0.344 e. The van der Waals surface area contributed by atoms with Crippen LogP contribution >= 0.6 is 34.7 Å². The number of hydrogen-bond donors (Lipinski definition) is 4. The lowest BCUT2D eigenvalue weighted by atomic mass is 10.2. The Hall–Kier alpha value is -2.07. The van der Waals surface area contributed by atoms with Crippen LogP contribution in [0.5, 0.6) is 5.88 Å². The number of nitrogens with one attached hydrogen (secondary N) is 2. The minimum atomic E-state index is -1.30. The predicted octanol–water partition coefficient (Wildman–Crippen LogP) is 3.48. The van der Waals surface area contributed by atoms with E-state index in [2.05, 4.69) is 15.0 Å². The highest BCUT2D eigenvalue weighted by molar-refractivity contribution is 7.11. The Kier molecular flexibility index (Phi) is 7.66. The number of carbonyl (C=O) groups excluding carboxylic acids is 1. The first-order chi connectivity index (χ1) is 12.8. The number of nitrogens with zero attached hydrogens (tertiary/aromatic N) is 1. The number of ether oxygens (including phenoxy) is 1. The third kappa shape index (κ3) is 5.70. The quantitative estimate of drug-likeness (QED) is 0.505. The summed E-state index contributed by atoms with van der Waals surface area (Å²) in [5.74, 6) is -1.56. The predicted molar refractivity (Wildman–Crippen MR) is 103 cm³/mol. The number of aromatic nitrogens is 1. The van der Waals surface area contributed by atoms with Gasteiger partial charge < -0.3 is 20.3 Å². The average molecular weight is 434 g/mol. The van der Waals surface area contributed by atoms with Crippen LogP contribution in [0.1, 0.15) is 22.8 Å². The summed E-state index contributed by atoms with van der Waals surface area (Å²) in [4.78, 5) is 23.5. The molecule has 0 aliphatic heterocycles. The molecule has 0 fully saturated rings. The van der Waals surface area contributed by atoms with Gasteiger partial charge in [0.05, 0.1) is 10.0 Å². The van der Waals surface area contributed by atoms with E-state index in [1.54, 1.807) is 25.1 Å². The van der Waals surface area contributed by atoms with Crippen LogP contribution in [0.3, 0.4) is 0 Å². The summed E-state index contributed by atoms with van der Waals surface area (Å²) in [6.07, 6.45) is 0. The molecule has 0 aliphatic carbocycles. The van der Waals surface area contributed by atoms with Crippen molar-refractivity contribution in [3.05, 3.63) is 39.4 Å². The number of halogens is 2.